The number of hydrogen-bond donors (Lipinski definition) is 2. The fourth-order valence-corrected chi connectivity index (χ4v) is 2.91. The Morgan fingerprint density at radius 1 is 1.07 bits per heavy atom. The van der Waals surface area contributed by atoms with E-state index in [1.165, 1.54) is 0 Å². The fourth-order valence-electron chi connectivity index (χ4n) is 2.91. The molecule has 0 saturated carbocycles. The summed E-state index contributed by atoms with van der Waals surface area (Å²) >= 11 is 0. The zero-order chi connectivity index (χ0) is 19.8. The predicted octanol–water partition coefficient (Wildman–Crippen LogP) is 2.93. The summed E-state index contributed by atoms with van der Waals surface area (Å²) in [6.07, 6.45) is 6.04. The number of nitrogens with one attached hydrogen (secondary N) is 2. The number of hydrogen-bond acceptors (Lipinski definition) is 4. The summed E-state index contributed by atoms with van der Waals surface area (Å²) in [5, 5.41) is 5.78. The molecule has 0 fully saturated rings. The zero-order valence-electron chi connectivity index (χ0n) is 16.0. The van der Waals surface area contributed by atoms with Gasteiger partial charge in [-0.15, -0.1) is 0 Å². The Bertz CT molecular complexity index is 910. The highest BCUT2D eigenvalue weighted by atomic mass is 16.5. The summed E-state index contributed by atoms with van der Waals surface area (Å²) in [6, 6.07) is 13.4. The van der Waals surface area contributed by atoms with Crippen LogP contribution in [0.2, 0.25) is 0 Å². The molecule has 1 aromatic heterocycles. The standard InChI is InChI=1S/C21H24N4O3/c1-27-19-8-7-16(13-20(19)28-2)9-10-23-21(26)24-14-17-5-3-4-6-18(17)25-12-11-22-15-25/h3-8,11-13,15H,9-10,14H2,1-2H3,(H2,23,24,26). The third-order valence-corrected chi connectivity index (χ3v) is 4.36. The largest absolute Gasteiger partial charge is 0.493 e. The van der Waals surface area contributed by atoms with Gasteiger partial charge in [0, 0.05) is 25.5 Å². The normalized spacial score (nSPS) is 10.4. The maximum Gasteiger partial charge on any atom is 0.315 e. The van der Waals surface area contributed by atoms with Crippen LogP contribution in [0.5, 0.6) is 11.5 Å². The lowest BCUT2D eigenvalue weighted by atomic mass is 10.1. The van der Waals surface area contributed by atoms with Crippen LogP contribution < -0.4 is 20.1 Å². The molecule has 0 unspecified atom stereocenters. The molecule has 0 aliphatic carbocycles. The van der Waals surface area contributed by atoms with Crippen molar-refractivity contribution in [3.63, 3.8) is 0 Å². The number of rotatable bonds is 8. The first kappa shape index (κ1) is 19.3. The number of amides is 2. The topological polar surface area (TPSA) is 77.4 Å². The summed E-state index contributed by atoms with van der Waals surface area (Å²) in [4.78, 5) is 16.2. The molecule has 0 bridgehead atoms. The van der Waals surface area contributed by atoms with E-state index in [4.69, 9.17) is 9.47 Å². The quantitative estimate of drug-likeness (QED) is 0.630. The molecular weight excluding hydrogens is 356 g/mol. The van der Waals surface area contributed by atoms with Crippen molar-refractivity contribution >= 4 is 6.03 Å². The van der Waals surface area contributed by atoms with Gasteiger partial charge in [-0.3, -0.25) is 0 Å². The van der Waals surface area contributed by atoms with E-state index in [9.17, 15) is 4.79 Å². The van der Waals surface area contributed by atoms with Gasteiger partial charge in [-0.05, 0) is 35.7 Å². The first-order chi connectivity index (χ1) is 13.7. The van der Waals surface area contributed by atoms with Crippen molar-refractivity contribution < 1.29 is 14.3 Å². The van der Waals surface area contributed by atoms with E-state index in [1.807, 2.05) is 53.2 Å². The Kier molecular flexibility index (Phi) is 6.51. The molecule has 0 radical (unpaired) electrons. The van der Waals surface area contributed by atoms with Gasteiger partial charge in [0.25, 0.3) is 0 Å². The maximum atomic E-state index is 12.1. The van der Waals surface area contributed by atoms with Crippen LogP contribution in [0.3, 0.4) is 0 Å². The first-order valence-corrected chi connectivity index (χ1v) is 9.00. The number of para-hydroxylation sites is 1. The molecule has 3 aromatic rings. The van der Waals surface area contributed by atoms with Crippen LogP contribution in [0, 0.1) is 0 Å². The molecule has 0 atom stereocenters. The summed E-state index contributed by atoms with van der Waals surface area (Å²) in [5.41, 5.74) is 3.06. The van der Waals surface area contributed by atoms with Crippen molar-refractivity contribution in [3.8, 4) is 17.2 Å². The van der Waals surface area contributed by atoms with Gasteiger partial charge < -0.3 is 24.7 Å². The lowest BCUT2D eigenvalue weighted by molar-refractivity contribution is 0.240. The summed E-state index contributed by atoms with van der Waals surface area (Å²) in [5.74, 6) is 1.37. The molecule has 0 aliphatic rings. The Morgan fingerprint density at radius 3 is 2.64 bits per heavy atom. The molecule has 7 nitrogen and oxygen atoms in total. The van der Waals surface area contributed by atoms with E-state index in [1.54, 1.807) is 26.7 Å². The van der Waals surface area contributed by atoms with Crippen LogP contribution >= 0.6 is 0 Å². The molecule has 3 rings (SSSR count). The minimum Gasteiger partial charge on any atom is -0.493 e. The maximum absolute atomic E-state index is 12.1. The van der Waals surface area contributed by atoms with E-state index < -0.39 is 0 Å². The minimum absolute atomic E-state index is 0.207. The molecule has 0 aliphatic heterocycles. The number of benzene rings is 2. The van der Waals surface area contributed by atoms with Gasteiger partial charge in [-0.25, -0.2) is 9.78 Å². The van der Waals surface area contributed by atoms with Crippen molar-refractivity contribution in [1.82, 2.24) is 20.2 Å². The molecule has 2 amide bonds. The Morgan fingerprint density at radius 2 is 1.89 bits per heavy atom. The number of imidazole rings is 1. The van der Waals surface area contributed by atoms with Gasteiger partial charge in [-0.2, -0.15) is 0 Å². The van der Waals surface area contributed by atoms with Gasteiger partial charge >= 0.3 is 6.03 Å². The molecule has 1 heterocycles. The number of carbonyl (C=O) groups excluding carboxylic acids is 1. The van der Waals surface area contributed by atoms with E-state index in [0.29, 0.717) is 31.0 Å². The number of aromatic nitrogens is 2. The highest BCUT2D eigenvalue weighted by Gasteiger charge is 2.07. The molecule has 0 saturated heterocycles. The number of nitrogens with zero attached hydrogens (tertiary/aromatic N) is 2. The third-order valence-electron chi connectivity index (χ3n) is 4.36. The molecule has 146 valence electrons. The summed E-state index contributed by atoms with van der Waals surface area (Å²) < 4.78 is 12.5. The van der Waals surface area contributed by atoms with Crippen LogP contribution in [0.1, 0.15) is 11.1 Å². The summed E-state index contributed by atoms with van der Waals surface area (Å²) in [6.45, 7) is 0.945. The number of carbonyl (C=O) groups is 1. The highest BCUT2D eigenvalue weighted by Crippen LogP contribution is 2.27. The average Bonchev–Trinajstić information content (AvgIpc) is 3.27. The molecule has 2 N–H and O–H groups in total. The first-order valence-electron chi connectivity index (χ1n) is 9.00. The van der Waals surface area contributed by atoms with Gasteiger partial charge in [0.1, 0.15) is 0 Å². The molecule has 7 heteroatoms. The predicted molar refractivity (Wildman–Crippen MR) is 107 cm³/mol. The number of ether oxygens (including phenoxy) is 2. The van der Waals surface area contributed by atoms with Gasteiger partial charge in [0.15, 0.2) is 11.5 Å². The van der Waals surface area contributed by atoms with Crippen LogP contribution in [0.25, 0.3) is 5.69 Å². The van der Waals surface area contributed by atoms with E-state index in [0.717, 1.165) is 16.8 Å². The van der Waals surface area contributed by atoms with Crippen molar-refractivity contribution in [2.45, 2.75) is 13.0 Å². The van der Waals surface area contributed by atoms with Gasteiger partial charge in [0.05, 0.1) is 26.2 Å². The van der Waals surface area contributed by atoms with Crippen molar-refractivity contribution in [3.05, 3.63) is 72.3 Å². The minimum atomic E-state index is -0.207. The van der Waals surface area contributed by atoms with E-state index in [-0.39, 0.29) is 6.03 Å². The van der Waals surface area contributed by atoms with Crippen molar-refractivity contribution in [2.24, 2.45) is 0 Å². The second-order valence-electron chi connectivity index (χ2n) is 6.15. The second-order valence-corrected chi connectivity index (χ2v) is 6.15. The zero-order valence-corrected chi connectivity index (χ0v) is 16.0. The lowest BCUT2D eigenvalue weighted by Gasteiger charge is -2.12. The smallest absolute Gasteiger partial charge is 0.315 e. The Balaban J connectivity index is 1.50. The summed E-state index contributed by atoms with van der Waals surface area (Å²) in [7, 11) is 3.21. The van der Waals surface area contributed by atoms with Crippen LogP contribution in [-0.2, 0) is 13.0 Å². The second kappa shape index (κ2) is 9.45. The van der Waals surface area contributed by atoms with Crippen molar-refractivity contribution in [2.75, 3.05) is 20.8 Å². The number of methoxy groups -OCH3 is 2. The van der Waals surface area contributed by atoms with Crippen LogP contribution in [0.4, 0.5) is 4.79 Å². The monoisotopic (exact) mass is 380 g/mol. The van der Waals surface area contributed by atoms with E-state index in [2.05, 4.69) is 15.6 Å². The van der Waals surface area contributed by atoms with Gasteiger partial charge in [0.2, 0.25) is 0 Å². The van der Waals surface area contributed by atoms with Crippen LogP contribution in [0.15, 0.2) is 61.2 Å². The van der Waals surface area contributed by atoms with Crippen LogP contribution in [-0.4, -0.2) is 36.3 Å². The average molecular weight is 380 g/mol. The fraction of sp³-hybridized carbons (Fsp3) is 0.238. The van der Waals surface area contributed by atoms with Gasteiger partial charge in [-0.1, -0.05) is 24.3 Å². The molecule has 2 aromatic carbocycles. The Hall–Kier alpha value is -3.48. The molecular formula is C21H24N4O3. The van der Waals surface area contributed by atoms with E-state index >= 15 is 0 Å². The number of urea groups is 1. The molecule has 28 heavy (non-hydrogen) atoms. The SMILES string of the molecule is COc1ccc(CCNC(=O)NCc2ccccc2-n2ccnc2)cc1OC. The Labute approximate surface area is 164 Å². The third kappa shape index (κ3) is 4.82. The lowest BCUT2D eigenvalue weighted by Crippen LogP contribution is -2.36. The van der Waals surface area contributed by atoms with Crippen molar-refractivity contribution in [1.29, 1.82) is 0 Å². The molecule has 0 spiro atoms. The highest BCUT2D eigenvalue weighted by molar-refractivity contribution is 5.74.